The van der Waals surface area contributed by atoms with E-state index in [2.05, 4.69) is 62.6 Å². The van der Waals surface area contributed by atoms with E-state index in [9.17, 15) is 0 Å². The van der Waals surface area contributed by atoms with Gasteiger partial charge in [-0.1, -0.05) is 77.8 Å². The number of nitrogens with zero attached hydrogens (tertiary/aromatic N) is 5. The molecule has 148 valence electrons. The van der Waals surface area contributed by atoms with E-state index in [1.165, 1.54) is 5.56 Å². The average molecular weight is 434 g/mol. The van der Waals surface area contributed by atoms with Crippen molar-refractivity contribution in [2.45, 2.75) is 13.1 Å². The first kappa shape index (κ1) is 18.9. The number of benzene rings is 3. The quantitative estimate of drug-likeness (QED) is 0.357. The Morgan fingerprint density at radius 2 is 1.57 bits per heavy atom. The fourth-order valence-corrected chi connectivity index (χ4v) is 3.88. The highest BCUT2D eigenvalue weighted by Crippen LogP contribution is 2.29. The number of halogens is 2. The van der Waals surface area contributed by atoms with Crippen molar-refractivity contribution in [1.29, 1.82) is 0 Å². The first-order valence-corrected chi connectivity index (χ1v) is 10.3. The molecule has 3 aromatic carbocycles. The van der Waals surface area contributed by atoms with Crippen molar-refractivity contribution in [3.05, 3.63) is 100 Å². The number of para-hydroxylation sites is 1. The second kappa shape index (κ2) is 7.94. The Morgan fingerprint density at radius 3 is 2.40 bits per heavy atom. The van der Waals surface area contributed by atoms with E-state index in [0.717, 1.165) is 28.6 Å². The zero-order valence-corrected chi connectivity index (χ0v) is 17.4. The topological polar surface area (TPSA) is 48.5 Å². The molecule has 0 N–H and O–H groups in total. The maximum atomic E-state index is 6.12. The summed E-state index contributed by atoms with van der Waals surface area (Å²) < 4.78 is 2.22. The predicted octanol–water partition coefficient (Wildman–Crippen LogP) is 5.70. The monoisotopic (exact) mass is 433 g/mol. The second-order valence-corrected chi connectivity index (χ2v) is 7.88. The lowest BCUT2D eigenvalue weighted by atomic mass is 10.2. The highest BCUT2D eigenvalue weighted by atomic mass is 35.5. The van der Waals surface area contributed by atoms with Gasteiger partial charge in [-0.15, -0.1) is 10.2 Å². The molecule has 0 atom stereocenters. The summed E-state index contributed by atoms with van der Waals surface area (Å²) in [6, 6.07) is 24.2. The van der Waals surface area contributed by atoms with Crippen molar-refractivity contribution in [2.75, 3.05) is 0 Å². The van der Waals surface area contributed by atoms with Gasteiger partial charge in [-0.25, -0.2) is 0 Å². The molecule has 0 bridgehead atoms. The molecule has 0 spiro atoms. The molecule has 0 fully saturated rings. The number of tetrazole rings is 1. The smallest absolute Gasteiger partial charge is 0.207 e. The van der Waals surface area contributed by atoms with E-state index in [1.807, 2.05) is 30.3 Å². The van der Waals surface area contributed by atoms with Gasteiger partial charge in [-0.05, 0) is 34.5 Å². The highest BCUT2D eigenvalue weighted by Gasteiger charge is 2.15. The van der Waals surface area contributed by atoms with Gasteiger partial charge in [0.25, 0.3) is 0 Å². The first-order valence-electron chi connectivity index (χ1n) is 9.51. The molecule has 7 heteroatoms. The molecule has 0 saturated carbocycles. The molecule has 5 nitrogen and oxygen atoms in total. The molecule has 5 rings (SSSR count). The van der Waals surface area contributed by atoms with Crippen molar-refractivity contribution < 1.29 is 0 Å². The normalized spacial score (nSPS) is 11.3. The van der Waals surface area contributed by atoms with Crippen LogP contribution in [-0.4, -0.2) is 24.8 Å². The average Bonchev–Trinajstić information content (AvgIpc) is 3.36. The summed E-state index contributed by atoms with van der Waals surface area (Å²) in [4.78, 5) is 1.57. The highest BCUT2D eigenvalue weighted by molar-refractivity contribution is 6.42. The third-order valence-corrected chi connectivity index (χ3v) is 5.73. The second-order valence-electron chi connectivity index (χ2n) is 7.07. The summed E-state index contributed by atoms with van der Waals surface area (Å²) in [7, 11) is 0. The third kappa shape index (κ3) is 3.70. The van der Waals surface area contributed by atoms with Crippen molar-refractivity contribution in [3.63, 3.8) is 0 Å². The van der Waals surface area contributed by atoms with Crippen molar-refractivity contribution >= 4 is 34.1 Å². The molecule has 0 aliphatic carbocycles. The SMILES string of the molecule is Clc1ccc(Cn2nnc(-c3cn(Cc4ccccc4)c4ccccc34)n2)cc1Cl. The van der Waals surface area contributed by atoms with Crippen LogP contribution in [0.25, 0.3) is 22.3 Å². The molecule has 2 aromatic heterocycles. The zero-order chi connectivity index (χ0) is 20.5. The van der Waals surface area contributed by atoms with E-state index in [1.54, 1.807) is 10.9 Å². The number of hydrogen-bond donors (Lipinski definition) is 0. The molecular weight excluding hydrogens is 417 g/mol. The van der Waals surface area contributed by atoms with Gasteiger partial charge in [-0.2, -0.15) is 4.80 Å². The Hall–Kier alpha value is -3.15. The van der Waals surface area contributed by atoms with E-state index in [0.29, 0.717) is 22.4 Å². The van der Waals surface area contributed by atoms with Gasteiger partial charge in [0.05, 0.1) is 16.6 Å². The van der Waals surface area contributed by atoms with Crippen LogP contribution in [0.4, 0.5) is 0 Å². The van der Waals surface area contributed by atoms with Crippen LogP contribution in [-0.2, 0) is 13.1 Å². The standard InChI is InChI=1S/C23H17Cl2N5/c24-20-11-10-17(12-21(20)25)14-30-27-23(26-28-30)19-15-29(13-16-6-2-1-3-7-16)22-9-5-4-8-18(19)22/h1-12,15H,13-14H2. The van der Waals surface area contributed by atoms with Crippen LogP contribution in [0.1, 0.15) is 11.1 Å². The van der Waals surface area contributed by atoms with Gasteiger partial charge in [0.2, 0.25) is 5.82 Å². The van der Waals surface area contributed by atoms with Gasteiger partial charge >= 0.3 is 0 Å². The van der Waals surface area contributed by atoms with Gasteiger partial charge in [-0.3, -0.25) is 0 Å². The number of aromatic nitrogens is 5. The van der Waals surface area contributed by atoms with Crippen LogP contribution < -0.4 is 0 Å². The van der Waals surface area contributed by atoms with Crippen LogP contribution in [0.15, 0.2) is 79.0 Å². The van der Waals surface area contributed by atoms with Gasteiger partial charge in [0.15, 0.2) is 0 Å². The maximum Gasteiger partial charge on any atom is 0.207 e. The summed E-state index contributed by atoms with van der Waals surface area (Å²) in [6.07, 6.45) is 2.10. The summed E-state index contributed by atoms with van der Waals surface area (Å²) in [5.74, 6) is 0.595. The lowest BCUT2D eigenvalue weighted by molar-refractivity contribution is 0.573. The van der Waals surface area contributed by atoms with E-state index in [4.69, 9.17) is 23.2 Å². The number of rotatable bonds is 5. The van der Waals surface area contributed by atoms with Crippen molar-refractivity contribution in [1.82, 2.24) is 24.8 Å². The number of fused-ring (bicyclic) bond motifs is 1. The molecular formula is C23H17Cl2N5. The molecule has 2 heterocycles. The lowest BCUT2D eigenvalue weighted by Crippen LogP contribution is -2.04. The van der Waals surface area contributed by atoms with Crippen LogP contribution in [0.2, 0.25) is 10.0 Å². The molecule has 0 aliphatic heterocycles. The fraction of sp³-hybridized carbons (Fsp3) is 0.0870. The molecule has 0 radical (unpaired) electrons. The van der Waals surface area contributed by atoms with Crippen molar-refractivity contribution in [2.24, 2.45) is 0 Å². The molecule has 0 amide bonds. The Labute approximate surface area is 183 Å². The summed E-state index contributed by atoms with van der Waals surface area (Å²) >= 11 is 12.1. The summed E-state index contributed by atoms with van der Waals surface area (Å²) in [6.45, 7) is 1.24. The Bertz CT molecular complexity index is 1320. The van der Waals surface area contributed by atoms with Crippen LogP contribution in [0.5, 0.6) is 0 Å². The number of hydrogen-bond acceptors (Lipinski definition) is 3. The van der Waals surface area contributed by atoms with Gasteiger partial charge < -0.3 is 4.57 Å². The van der Waals surface area contributed by atoms with E-state index >= 15 is 0 Å². The van der Waals surface area contributed by atoms with Crippen LogP contribution in [0.3, 0.4) is 0 Å². The zero-order valence-electron chi connectivity index (χ0n) is 15.9. The molecule has 5 aromatic rings. The Balaban J connectivity index is 1.48. The van der Waals surface area contributed by atoms with E-state index < -0.39 is 0 Å². The van der Waals surface area contributed by atoms with Crippen LogP contribution >= 0.6 is 23.2 Å². The maximum absolute atomic E-state index is 6.12. The minimum Gasteiger partial charge on any atom is -0.342 e. The minimum atomic E-state index is 0.465. The van der Waals surface area contributed by atoms with Gasteiger partial charge in [0.1, 0.15) is 0 Å². The largest absolute Gasteiger partial charge is 0.342 e. The Kier molecular flexibility index (Phi) is 4.99. The first-order chi connectivity index (χ1) is 14.7. The fourth-order valence-electron chi connectivity index (χ4n) is 3.56. The van der Waals surface area contributed by atoms with Crippen molar-refractivity contribution in [3.8, 4) is 11.4 Å². The molecule has 0 saturated heterocycles. The lowest BCUT2D eigenvalue weighted by Gasteiger charge is -2.05. The van der Waals surface area contributed by atoms with Gasteiger partial charge in [0, 0.05) is 29.2 Å². The molecule has 30 heavy (non-hydrogen) atoms. The summed E-state index contributed by atoms with van der Waals surface area (Å²) in [5, 5.41) is 15.3. The molecule has 0 aliphatic rings. The van der Waals surface area contributed by atoms with Crippen LogP contribution in [0, 0.1) is 0 Å². The van der Waals surface area contributed by atoms with E-state index in [-0.39, 0.29) is 0 Å². The summed E-state index contributed by atoms with van der Waals surface area (Å²) in [5.41, 5.74) is 4.29. The minimum absolute atomic E-state index is 0.465. The third-order valence-electron chi connectivity index (χ3n) is 4.99. The Morgan fingerprint density at radius 1 is 0.767 bits per heavy atom. The predicted molar refractivity (Wildman–Crippen MR) is 120 cm³/mol. The molecule has 0 unspecified atom stereocenters.